The minimum Gasteiger partial charge on any atom is -0.460 e. The molecule has 2 amide bonds. The van der Waals surface area contributed by atoms with Crippen LogP contribution in [-0.4, -0.2) is 75.0 Å². The standard InChI is InChI=1S/C30H37N7O4/c1-30(2,3)41-26(38)10-8-24(27(31)39)37-17-21-15-19(5-7-22(21)29(37)40)23-18-35(4)28(34-23)20-6-9-25(33-16-20)36-13-11-32-12-14-36/h5-7,9,15-16,18,24,32H,8,10-14,17H2,1-4H3,(H2,31,39). The summed E-state index contributed by atoms with van der Waals surface area (Å²) in [5.74, 6) is 0.374. The molecule has 0 spiro atoms. The SMILES string of the molecule is Cn1cc(-c2ccc3c(c2)CN(C(CCC(=O)OC(C)(C)C)C(N)=O)C3=O)nc1-c1ccc(N2CCNCC2)nc1. The maximum Gasteiger partial charge on any atom is 0.306 e. The number of aryl methyl sites for hydroxylation is 1. The van der Waals surface area contributed by atoms with Crippen LogP contribution in [-0.2, 0) is 27.9 Å². The number of hydrogen-bond acceptors (Lipinski definition) is 8. The van der Waals surface area contributed by atoms with Gasteiger partial charge >= 0.3 is 5.97 Å². The molecule has 0 aliphatic carbocycles. The van der Waals surface area contributed by atoms with Gasteiger partial charge in [0.2, 0.25) is 5.91 Å². The molecule has 1 fully saturated rings. The van der Waals surface area contributed by atoms with Crippen LogP contribution in [0.1, 0.15) is 49.5 Å². The van der Waals surface area contributed by atoms with Crippen LogP contribution in [0.2, 0.25) is 0 Å². The quantitative estimate of drug-likeness (QED) is 0.402. The number of rotatable bonds is 8. The fraction of sp³-hybridized carbons (Fsp3) is 0.433. The second kappa shape index (κ2) is 11.3. The molecule has 1 aromatic carbocycles. The van der Waals surface area contributed by atoms with Gasteiger partial charge in [-0.1, -0.05) is 6.07 Å². The van der Waals surface area contributed by atoms with E-state index < -0.39 is 23.5 Å². The van der Waals surface area contributed by atoms with Crippen LogP contribution in [0.3, 0.4) is 0 Å². The number of nitrogens with one attached hydrogen (secondary N) is 1. The zero-order valence-electron chi connectivity index (χ0n) is 24.0. The van der Waals surface area contributed by atoms with Crippen molar-refractivity contribution >= 4 is 23.6 Å². The Labute approximate surface area is 239 Å². The van der Waals surface area contributed by atoms with Crippen molar-refractivity contribution in [3.05, 3.63) is 53.9 Å². The first-order chi connectivity index (χ1) is 19.5. The average molecular weight is 560 g/mol. The molecule has 3 aromatic rings. The van der Waals surface area contributed by atoms with E-state index in [1.54, 1.807) is 26.8 Å². The number of carbonyl (C=O) groups excluding carboxylic acids is 3. The largest absolute Gasteiger partial charge is 0.460 e. The normalized spacial score (nSPS) is 16.0. The molecule has 11 heteroatoms. The summed E-state index contributed by atoms with van der Waals surface area (Å²) in [5.41, 5.74) is 8.86. The number of nitrogens with two attached hydrogens (primary N) is 1. The predicted octanol–water partition coefficient (Wildman–Crippen LogP) is 2.49. The summed E-state index contributed by atoms with van der Waals surface area (Å²) in [5, 5.41) is 3.35. The molecule has 0 saturated carbocycles. The lowest BCUT2D eigenvalue weighted by Crippen LogP contribution is -2.45. The third-order valence-corrected chi connectivity index (χ3v) is 7.30. The summed E-state index contributed by atoms with van der Waals surface area (Å²) < 4.78 is 7.31. The van der Waals surface area contributed by atoms with Crippen molar-refractivity contribution in [2.45, 2.75) is 51.8 Å². The van der Waals surface area contributed by atoms with E-state index in [1.807, 2.05) is 48.3 Å². The molecular weight excluding hydrogens is 522 g/mol. The summed E-state index contributed by atoms with van der Waals surface area (Å²) in [7, 11) is 1.94. The van der Waals surface area contributed by atoms with E-state index in [4.69, 9.17) is 15.5 Å². The zero-order chi connectivity index (χ0) is 29.3. The van der Waals surface area contributed by atoms with Crippen molar-refractivity contribution in [1.29, 1.82) is 0 Å². The van der Waals surface area contributed by atoms with Crippen molar-refractivity contribution in [3.8, 4) is 22.6 Å². The highest BCUT2D eigenvalue weighted by Crippen LogP contribution is 2.32. The minimum atomic E-state index is -0.913. The molecule has 1 saturated heterocycles. The van der Waals surface area contributed by atoms with Crippen LogP contribution < -0.4 is 16.0 Å². The number of ether oxygens (including phenoxy) is 1. The van der Waals surface area contributed by atoms with Gasteiger partial charge in [0, 0.05) is 75.3 Å². The molecule has 0 radical (unpaired) electrons. The number of carbonyl (C=O) groups is 3. The maximum absolute atomic E-state index is 13.2. The number of esters is 1. The Hall–Kier alpha value is -4.25. The van der Waals surface area contributed by atoms with Gasteiger partial charge in [-0.15, -0.1) is 0 Å². The van der Waals surface area contributed by atoms with Crippen LogP contribution in [0, 0.1) is 0 Å². The number of hydrogen-bond donors (Lipinski definition) is 2. The second-order valence-corrected chi connectivity index (χ2v) is 11.6. The smallest absolute Gasteiger partial charge is 0.306 e. The summed E-state index contributed by atoms with van der Waals surface area (Å²) in [6.45, 7) is 9.32. The van der Waals surface area contributed by atoms with Crippen molar-refractivity contribution in [2.75, 3.05) is 31.1 Å². The minimum absolute atomic E-state index is 0.0158. The molecule has 5 rings (SSSR count). The van der Waals surface area contributed by atoms with E-state index in [2.05, 4.69) is 15.2 Å². The van der Waals surface area contributed by atoms with E-state index >= 15 is 0 Å². The Kier molecular flexibility index (Phi) is 7.81. The number of pyridine rings is 1. The Morgan fingerprint density at radius 1 is 1.12 bits per heavy atom. The average Bonchev–Trinajstić information content (AvgIpc) is 3.47. The fourth-order valence-electron chi connectivity index (χ4n) is 5.33. The van der Waals surface area contributed by atoms with Crippen molar-refractivity contribution < 1.29 is 19.1 Å². The van der Waals surface area contributed by atoms with E-state index in [9.17, 15) is 14.4 Å². The van der Waals surface area contributed by atoms with Crippen LogP contribution in [0.25, 0.3) is 22.6 Å². The molecule has 2 aliphatic heterocycles. The van der Waals surface area contributed by atoms with Gasteiger partial charge in [0.05, 0.1) is 5.69 Å². The first-order valence-electron chi connectivity index (χ1n) is 13.9. The maximum atomic E-state index is 13.2. The van der Waals surface area contributed by atoms with Gasteiger partial charge in [0.15, 0.2) is 0 Å². The fourth-order valence-corrected chi connectivity index (χ4v) is 5.33. The van der Waals surface area contributed by atoms with Crippen molar-refractivity contribution in [1.82, 2.24) is 24.8 Å². The van der Waals surface area contributed by atoms with Gasteiger partial charge in [-0.3, -0.25) is 14.4 Å². The second-order valence-electron chi connectivity index (χ2n) is 11.6. The van der Waals surface area contributed by atoms with Gasteiger partial charge in [0.25, 0.3) is 5.91 Å². The predicted molar refractivity (Wildman–Crippen MR) is 155 cm³/mol. The first kappa shape index (κ1) is 28.3. The first-order valence-corrected chi connectivity index (χ1v) is 13.9. The highest BCUT2D eigenvalue weighted by molar-refractivity contribution is 6.01. The Morgan fingerprint density at radius 2 is 1.85 bits per heavy atom. The number of benzene rings is 1. The summed E-state index contributed by atoms with van der Waals surface area (Å²) in [4.78, 5) is 51.0. The molecule has 1 atom stereocenters. The van der Waals surface area contributed by atoms with E-state index in [-0.39, 0.29) is 25.3 Å². The zero-order valence-corrected chi connectivity index (χ0v) is 24.0. The number of amides is 2. The Balaban J connectivity index is 1.31. The lowest BCUT2D eigenvalue weighted by molar-refractivity contribution is -0.155. The summed E-state index contributed by atoms with van der Waals surface area (Å²) in [6.07, 6.45) is 3.88. The van der Waals surface area contributed by atoms with Gasteiger partial charge in [-0.2, -0.15) is 0 Å². The molecule has 0 bridgehead atoms. The van der Waals surface area contributed by atoms with Crippen molar-refractivity contribution in [3.63, 3.8) is 0 Å². The number of imidazole rings is 1. The Bertz CT molecular complexity index is 1450. The monoisotopic (exact) mass is 559 g/mol. The molecule has 2 aromatic heterocycles. The lowest BCUT2D eigenvalue weighted by atomic mass is 10.0. The van der Waals surface area contributed by atoms with Crippen LogP contribution in [0.4, 0.5) is 5.82 Å². The number of anilines is 1. The van der Waals surface area contributed by atoms with E-state index in [0.717, 1.165) is 60.2 Å². The molecule has 1 unspecified atom stereocenters. The Morgan fingerprint density at radius 3 is 2.51 bits per heavy atom. The van der Waals surface area contributed by atoms with Crippen LogP contribution >= 0.6 is 0 Å². The van der Waals surface area contributed by atoms with Crippen LogP contribution in [0.15, 0.2) is 42.7 Å². The highest BCUT2D eigenvalue weighted by atomic mass is 16.6. The molecule has 2 aliphatic rings. The molecule has 41 heavy (non-hydrogen) atoms. The van der Waals surface area contributed by atoms with Gasteiger partial charge in [-0.25, -0.2) is 9.97 Å². The molecule has 216 valence electrons. The topological polar surface area (TPSA) is 136 Å². The highest BCUT2D eigenvalue weighted by Gasteiger charge is 2.36. The molecular formula is C30H37N7O4. The number of piperazine rings is 1. The van der Waals surface area contributed by atoms with Crippen molar-refractivity contribution in [2.24, 2.45) is 12.8 Å². The van der Waals surface area contributed by atoms with Gasteiger partial charge in [-0.05, 0) is 57.0 Å². The number of nitrogens with zero attached hydrogens (tertiary/aromatic N) is 5. The molecule has 4 heterocycles. The van der Waals surface area contributed by atoms with E-state index in [0.29, 0.717) is 5.56 Å². The lowest BCUT2D eigenvalue weighted by Gasteiger charge is -2.28. The third kappa shape index (κ3) is 6.25. The third-order valence-electron chi connectivity index (χ3n) is 7.30. The number of primary amides is 1. The molecule has 3 N–H and O–H groups in total. The number of aromatic nitrogens is 3. The molecule has 11 nitrogen and oxygen atoms in total. The van der Waals surface area contributed by atoms with Gasteiger partial charge < -0.3 is 30.2 Å². The number of fused-ring (bicyclic) bond motifs is 1. The van der Waals surface area contributed by atoms with Gasteiger partial charge in [0.1, 0.15) is 23.3 Å². The van der Waals surface area contributed by atoms with Crippen LogP contribution in [0.5, 0.6) is 0 Å². The summed E-state index contributed by atoms with van der Waals surface area (Å²) in [6, 6.07) is 8.70. The summed E-state index contributed by atoms with van der Waals surface area (Å²) >= 11 is 0. The van der Waals surface area contributed by atoms with E-state index in [1.165, 1.54) is 4.90 Å².